The molecule has 2 aromatic rings. The van der Waals surface area contributed by atoms with Gasteiger partial charge in [-0.2, -0.15) is 0 Å². The lowest BCUT2D eigenvalue weighted by atomic mass is 10.3. The number of rotatable bonds is 7. The second kappa shape index (κ2) is 7.23. The topological polar surface area (TPSA) is 82.0 Å². The van der Waals surface area contributed by atoms with Gasteiger partial charge in [0.2, 0.25) is 0 Å². The maximum absolute atomic E-state index is 8.73. The minimum absolute atomic E-state index is 0.0784. The van der Waals surface area contributed by atoms with Crippen molar-refractivity contribution in [2.45, 2.75) is 13.5 Å². The summed E-state index contributed by atoms with van der Waals surface area (Å²) in [6.07, 6.45) is 1.85. The molecule has 2 rings (SSSR count). The van der Waals surface area contributed by atoms with E-state index in [1.807, 2.05) is 48.0 Å². The van der Waals surface area contributed by atoms with E-state index in [-0.39, 0.29) is 5.84 Å². The second-order valence-corrected chi connectivity index (χ2v) is 4.30. The molecule has 0 saturated heterocycles. The molecule has 21 heavy (non-hydrogen) atoms. The predicted molar refractivity (Wildman–Crippen MR) is 80.0 cm³/mol. The zero-order valence-corrected chi connectivity index (χ0v) is 11.9. The molecule has 1 aromatic carbocycles. The molecule has 0 atom stereocenters. The molecule has 6 heteroatoms. The van der Waals surface area contributed by atoms with Crippen molar-refractivity contribution in [2.75, 3.05) is 13.2 Å². The molecule has 3 N–H and O–H groups in total. The van der Waals surface area contributed by atoms with Crippen molar-refractivity contribution in [2.24, 2.45) is 10.9 Å². The van der Waals surface area contributed by atoms with Crippen LogP contribution >= 0.6 is 0 Å². The summed E-state index contributed by atoms with van der Waals surface area (Å²) in [6, 6.07) is 11.2. The summed E-state index contributed by atoms with van der Waals surface area (Å²) >= 11 is 0. The van der Waals surface area contributed by atoms with Crippen LogP contribution in [0.3, 0.4) is 0 Å². The highest BCUT2D eigenvalue weighted by Gasteiger charge is 2.07. The number of nitrogens with two attached hydrogens (primary N) is 1. The van der Waals surface area contributed by atoms with E-state index >= 15 is 0 Å². The molecule has 0 radical (unpaired) electrons. The minimum Gasteiger partial charge on any atom is -0.490 e. The predicted octanol–water partition coefficient (Wildman–Crippen LogP) is 2.06. The number of nitrogens with zero attached hydrogens (tertiary/aromatic N) is 2. The standard InChI is InChI=1S/C15H19N3O3/c1-2-20-13-7-3-4-8-14(13)21-11-10-18-9-5-6-12(18)15(16)17-19/h3-9,19H,2,10-11H2,1H3,(H2,16,17). The van der Waals surface area contributed by atoms with Gasteiger partial charge in [0.05, 0.1) is 18.8 Å². The molecule has 112 valence electrons. The van der Waals surface area contributed by atoms with Crippen molar-refractivity contribution in [1.29, 1.82) is 0 Å². The first-order valence-corrected chi connectivity index (χ1v) is 6.74. The molecule has 1 heterocycles. The van der Waals surface area contributed by atoms with Crippen molar-refractivity contribution in [3.05, 3.63) is 48.3 Å². The Kier molecular flexibility index (Phi) is 5.09. The summed E-state index contributed by atoms with van der Waals surface area (Å²) in [5.74, 6) is 1.51. The summed E-state index contributed by atoms with van der Waals surface area (Å²) in [4.78, 5) is 0. The molecule has 0 saturated carbocycles. The monoisotopic (exact) mass is 289 g/mol. The van der Waals surface area contributed by atoms with Crippen LogP contribution in [0.25, 0.3) is 0 Å². The van der Waals surface area contributed by atoms with Gasteiger partial charge in [-0.1, -0.05) is 17.3 Å². The SMILES string of the molecule is CCOc1ccccc1OCCn1cccc1/C(N)=N/O. The average molecular weight is 289 g/mol. The zero-order chi connectivity index (χ0) is 15.1. The lowest BCUT2D eigenvalue weighted by Gasteiger charge is -2.13. The average Bonchev–Trinajstić information content (AvgIpc) is 2.97. The van der Waals surface area contributed by atoms with Gasteiger partial charge >= 0.3 is 0 Å². The van der Waals surface area contributed by atoms with E-state index in [0.717, 1.165) is 5.75 Å². The largest absolute Gasteiger partial charge is 0.490 e. The quantitative estimate of drug-likeness (QED) is 0.354. The Labute approximate surface area is 123 Å². The molecule has 6 nitrogen and oxygen atoms in total. The summed E-state index contributed by atoms with van der Waals surface area (Å²) in [5, 5.41) is 11.7. The number of oxime groups is 1. The van der Waals surface area contributed by atoms with E-state index in [4.69, 9.17) is 20.4 Å². The molecule has 0 amide bonds. The van der Waals surface area contributed by atoms with Gasteiger partial charge in [0.1, 0.15) is 6.61 Å². The maximum atomic E-state index is 8.73. The van der Waals surface area contributed by atoms with Crippen molar-refractivity contribution in [1.82, 2.24) is 4.57 Å². The van der Waals surface area contributed by atoms with Crippen LogP contribution < -0.4 is 15.2 Å². The molecule has 0 aliphatic rings. The third-order valence-corrected chi connectivity index (χ3v) is 2.94. The summed E-state index contributed by atoms with van der Waals surface area (Å²) < 4.78 is 13.1. The van der Waals surface area contributed by atoms with Crippen LogP contribution in [0, 0.1) is 0 Å². The normalized spacial score (nSPS) is 11.4. The smallest absolute Gasteiger partial charge is 0.186 e. The maximum Gasteiger partial charge on any atom is 0.186 e. The Morgan fingerprint density at radius 1 is 1.19 bits per heavy atom. The zero-order valence-electron chi connectivity index (χ0n) is 11.9. The van der Waals surface area contributed by atoms with Gasteiger partial charge in [-0.3, -0.25) is 0 Å². The van der Waals surface area contributed by atoms with Crippen LogP contribution in [0.1, 0.15) is 12.6 Å². The highest BCUT2D eigenvalue weighted by molar-refractivity contribution is 5.95. The molecule has 0 fully saturated rings. The molecule has 0 aliphatic heterocycles. The van der Waals surface area contributed by atoms with Crippen LogP contribution in [0.4, 0.5) is 0 Å². The van der Waals surface area contributed by atoms with E-state index in [1.54, 1.807) is 6.07 Å². The fourth-order valence-corrected chi connectivity index (χ4v) is 1.99. The first-order chi connectivity index (χ1) is 10.3. The molecule has 0 unspecified atom stereocenters. The molecule has 1 aromatic heterocycles. The third kappa shape index (κ3) is 3.68. The van der Waals surface area contributed by atoms with Gasteiger partial charge < -0.3 is 25.0 Å². The summed E-state index contributed by atoms with van der Waals surface area (Å²) in [6.45, 7) is 3.55. The van der Waals surface area contributed by atoms with Crippen molar-refractivity contribution in [3.8, 4) is 11.5 Å². The van der Waals surface area contributed by atoms with E-state index < -0.39 is 0 Å². The van der Waals surface area contributed by atoms with Gasteiger partial charge in [0.25, 0.3) is 0 Å². The Morgan fingerprint density at radius 3 is 2.57 bits per heavy atom. The molecular formula is C15H19N3O3. The van der Waals surface area contributed by atoms with Gasteiger partial charge in [0.15, 0.2) is 17.3 Å². The van der Waals surface area contributed by atoms with Gasteiger partial charge in [-0.25, -0.2) is 0 Å². The van der Waals surface area contributed by atoms with Crippen molar-refractivity contribution >= 4 is 5.84 Å². The first kappa shape index (κ1) is 14.8. The summed E-state index contributed by atoms with van der Waals surface area (Å²) in [5.41, 5.74) is 6.26. The van der Waals surface area contributed by atoms with E-state index in [2.05, 4.69) is 5.16 Å². The number of para-hydroxylation sites is 2. The number of hydrogen-bond donors (Lipinski definition) is 2. The van der Waals surface area contributed by atoms with Crippen molar-refractivity contribution < 1.29 is 14.7 Å². The third-order valence-electron chi connectivity index (χ3n) is 2.94. The van der Waals surface area contributed by atoms with Crippen LogP contribution in [0.2, 0.25) is 0 Å². The number of benzene rings is 1. The molecule has 0 bridgehead atoms. The van der Waals surface area contributed by atoms with Gasteiger partial charge in [0, 0.05) is 6.20 Å². The second-order valence-electron chi connectivity index (χ2n) is 4.30. The van der Waals surface area contributed by atoms with Gasteiger partial charge in [-0.05, 0) is 31.2 Å². The lowest BCUT2D eigenvalue weighted by Crippen LogP contribution is -2.20. The number of ether oxygens (including phenoxy) is 2. The Balaban J connectivity index is 1.98. The van der Waals surface area contributed by atoms with E-state index in [9.17, 15) is 0 Å². The minimum atomic E-state index is 0.0784. The number of aromatic nitrogens is 1. The van der Waals surface area contributed by atoms with E-state index in [0.29, 0.717) is 31.2 Å². The first-order valence-electron chi connectivity index (χ1n) is 6.74. The Hall–Kier alpha value is -2.63. The summed E-state index contributed by atoms with van der Waals surface area (Å²) in [7, 11) is 0. The number of amidine groups is 1. The van der Waals surface area contributed by atoms with Crippen molar-refractivity contribution in [3.63, 3.8) is 0 Å². The Morgan fingerprint density at radius 2 is 1.90 bits per heavy atom. The van der Waals surface area contributed by atoms with Crippen LogP contribution in [0.15, 0.2) is 47.8 Å². The van der Waals surface area contributed by atoms with Crippen LogP contribution in [0.5, 0.6) is 11.5 Å². The van der Waals surface area contributed by atoms with E-state index in [1.165, 1.54) is 0 Å². The highest BCUT2D eigenvalue weighted by Crippen LogP contribution is 2.26. The van der Waals surface area contributed by atoms with Gasteiger partial charge in [-0.15, -0.1) is 0 Å². The van der Waals surface area contributed by atoms with Crippen LogP contribution in [-0.2, 0) is 6.54 Å². The Bertz CT molecular complexity index is 608. The highest BCUT2D eigenvalue weighted by atomic mass is 16.5. The fourth-order valence-electron chi connectivity index (χ4n) is 1.99. The van der Waals surface area contributed by atoms with Crippen LogP contribution in [-0.4, -0.2) is 28.8 Å². The molecule has 0 spiro atoms. The lowest BCUT2D eigenvalue weighted by molar-refractivity contribution is 0.266. The molecule has 0 aliphatic carbocycles. The number of hydrogen-bond acceptors (Lipinski definition) is 4. The molecular weight excluding hydrogens is 270 g/mol. The fraction of sp³-hybridized carbons (Fsp3) is 0.267.